The smallest absolute Gasteiger partial charge is 0.328 e. The summed E-state index contributed by atoms with van der Waals surface area (Å²) in [5.74, 6) is 0.253. The molecule has 2 aromatic rings. The highest BCUT2D eigenvalue weighted by atomic mass is 32.1. The minimum absolute atomic E-state index is 0.0130. The molecular weight excluding hydrogens is 330 g/mol. The van der Waals surface area contributed by atoms with E-state index < -0.39 is 11.2 Å². The van der Waals surface area contributed by atoms with E-state index in [1.807, 2.05) is 11.8 Å². The largest absolute Gasteiger partial charge is 0.342 e. The van der Waals surface area contributed by atoms with Gasteiger partial charge in [0.05, 0.1) is 0 Å². The van der Waals surface area contributed by atoms with Gasteiger partial charge in [0.2, 0.25) is 5.91 Å². The number of H-pyrrole nitrogens is 1. The minimum Gasteiger partial charge on any atom is -0.342 e. The molecule has 1 atom stereocenters. The highest BCUT2D eigenvalue weighted by Gasteiger charge is 2.26. The van der Waals surface area contributed by atoms with Gasteiger partial charge in [-0.3, -0.25) is 14.6 Å². The van der Waals surface area contributed by atoms with Crippen molar-refractivity contribution in [3.8, 4) is 0 Å². The Balaban J connectivity index is 1.60. The molecule has 2 aromatic heterocycles. The van der Waals surface area contributed by atoms with Gasteiger partial charge in [0, 0.05) is 44.2 Å². The van der Waals surface area contributed by atoms with Crippen LogP contribution in [0.2, 0.25) is 0 Å². The molecule has 1 fully saturated rings. The lowest BCUT2D eigenvalue weighted by molar-refractivity contribution is -0.132. The van der Waals surface area contributed by atoms with Gasteiger partial charge in [-0.15, -0.1) is 21.5 Å². The van der Waals surface area contributed by atoms with Gasteiger partial charge in [0.15, 0.2) is 0 Å². The van der Waals surface area contributed by atoms with Crippen molar-refractivity contribution in [2.75, 3.05) is 13.1 Å². The van der Waals surface area contributed by atoms with Crippen molar-refractivity contribution in [3.05, 3.63) is 43.1 Å². The summed E-state index contributed by atoms with van der Waals surface area (Å²) < 4.78 is 1.34. The van der Waals surface area contributed by atoms with E-state index in [9.17, 15) is 14.4 Å². The maximum absolute atomic E-state index is 12.4. The van der Waals surface area contributed by atoms with Crippen molar-refractivity contribution in [2.45, 2.75) is 38.6 Å². The SMILES string of the molecule is Cc1nnc(C2CCCN(C(=O)CCn3ccc(=O)[nH]c3=O)C2)s1. The fourth-order valence-electron chi connectivity index (χ4n) is 2.88. The lowest BCUT2D eigenvalue weighted by atomic mass is 9.98. The highest BCUT2D eigenvalue weighted by Crippen LogP contribution is 2.29. The summed E-state index contributed by atoms with van der Waals surface area (Å²) in [7, 11) is 0. The van der Waals surface area contributed by atoms with Crippen LogP contribution in [0.4, 0.5) is 0 Å². The first-order chi connectivity index (χ1) is 11.5. The number of rotatable bonds is 4. The maximum atomic E-state index is 12.4. The van der Waals surface area contributed by atoms with Crippen molar-refractivity contribution in [3.63, 3.8) is 0 Å². The molecular formula is C15H19N5O3S. The summed E-state index contributed by atoms with van der Waals surface area (Å²) in [6.07, 6.45) is 3.59. The minimum atomic E-state index is -0.490. The van der Waals surface area contributed by atoms with Crippen molar-refractivity contribution < 1.29 is 4.79 Å². The number of piperidine rings is 1. The average Bonchev–Trinajstić information content (AvgIpc) is 3.00. The maximum Gasteiger partial charge on any atom is 0.328 e. The molecule has 1 saturated heterocycles. The van der Waals surface area contributed by atoms with E-state index in [0.717, 1.165) is 29.4 Å². The first-order valence-corrected chi connectivity index (χ1v) is 8.72. The van der Waals surface area contributed by atoms with Gasteiger partial charge in [-0.25, -0.2) is 4.79 Å². The second-order valence-electron chi connectivity index (χ2n) is 5.89. The Morgan fingerprint density at radius 1 is 1.42 bits per heavy atom. The second kappa shape index (κ2) is 7.08. The number of aromatic amines is 1. The third-order valence-corrected chi connectivity index (χ3v) is 5.13. The van der Waals surface area contributed by atoms with Crippen LogP contribution in [0.1, 0.15) is 35.2 Å². The zero-order valence-corrected chi connectivity index (χ0v) is 14.2. The topological polar surface area (TPSA) is 101 Å². The van der Waals surface area contributed by atoms with Crippen molar-refractivity contribution >= 4 is 17.2 Å². The fraction of sp³-hybridized carbons (Fsp3) is 0.533. The number of aryl methyl sites for hydroxylation is 2. The summed E-state index contributed by atoms with van der Waals surface area (Å²) in [4.78, 5) is 39.1. The predicted octanol–water partition coefficient (Wildman–Crippen LogP) is 0.493. The van der Waals surface area contributed by atoms with Crippen molar-refractivity contribution in [1.82, 2.24) is 24.6 Å². The standard InChI is InChI=1S/C15H19N5O3S/c1-10-17-18-14(24-10)11-3-2-6-20(9-11)13(22)5-8-19-7-4-12(21)16-15(19)23/h4,7,11H,2-3,5-6,8-9H2,1H3,(H,16,21,23). The van der Waals surface area contributed by atoms with Crippen LogP contribution in [0.3, 0.4) is 0 Å². The molecule has 9 heteroatoms. The number of carbonyl (C=O) groups excluding carboxylic acids is 1. The number of nitrogens with one attached hydrogen (secondary N) is 1. The molecule has 1 N–H and O–H groups in total. The molecule has 1 unspecified atom stereocenters. The monoisotopic (exact) mass is 349 g/mol. The lowest BCUT2D eigenvalue weighted by Crippen LogP contribution is -2.40. The Labute approximate surface area is 142 Å². The molecule has 0 spiro atoms. The van der Waals surface area contributed by atoms with Crippen LogP contribution in [-0.4, -0.2) is 43.6 Å². The fourth-order valence-corrected chi connectivity index (χ4v) is 3.70. The number of hydrogen-bond acceptors (Lipinski definition) is 6. The Kier molecular flexibility index (Phi) is 4.89. The molecule has 24 heavy (non-hydrogen) atoms. The van der Waals surface area contributed by atoms with E-state index >= 15 is 0 Å². The summed E-state index contributed by atoms with van der Waals surface area (Å²) in [6, 6.07) is 1.28. The molecule has 0 aliphatic carbocycles. The van der Waals surface area contributed by atoms with E-state index in [-0.39, 0.29) is 24.8 Å². The molecule has 0 radical (unpaired) electrons. The Morgan fingerprint density at radius 2 is 2.25 bits per heavy atom. The van der Waals surface area contributed by atoms with E-state index in [0.29, 0.717) is 6.54 Å². The summed E-state index contributed by atoms with van der Waals surface area (Å²) >= 11 is 1.58. The zero-order chi connectivity index (χ0) is 17.1. The number of amides is 1. The number of hydrogen-bond donors (Lipinski definition) is 1. The van der Waals surface area contributed by atoms with E-state index in [4.69, 9.17) is 0 Å². The number of aromatic nitrogens is 4. The quantitative estimate of drug-likeness (QED) is 0.866. The molecule has 0 bridgehead atoms. The Hall–Kier alpha value is -2.29. The Morgan fingerprint density at radius 3 is 2.96 bits per heavy atom. The zero-order valence-electron chi connectivity index (χ0n) is 13.4. The first kappa shape index (κ1) is 16.6. The summed E-state index contributed by atoms with van der Waals surface area (Å²) in [6.45, 7) is 3.56. The van der Waals surface area contributed by atoms with Crippen LogP contribution >= 0.6 is 11.3 Å². The van der Waals surface area contributed by atoms with Gasteiger partial charge in [0.25, 0.3) is 5.56 Å². The van der Waals surface area contributed by atoms with Gasteiger partial charge < -0.3 is 9.47 Å². The third kappa shape index (κ3) is 3.78. The first-order valence-electron chi connectivity index (χ1n) is 7.90. The van der Waals surface area contributed by atoms with Crippen LogP contribution in [0.15, 0.2) is 21.9 Å². The lowest BCUT2D eigenvalue weighted by Gasteiger charge is -2.31. The molecule has 8 nitrogen and oxygen atoms in total. The highest BCUT2D eigenvalue weighted by molar-refractivity contribution is 7.11. The molecule has 3 rings (SSSR count). The number of nitrogens with zero attached hydrogens (tertiary/aromatic N) is 4. The third-order valence-electron chi connectivity index (χ3n) is 4.13. The van der Waals surface area contributed by atoms with Crippen LogP contribution in [0.25, 0.3) is 0 Å². The predicted molar refractivity (Wildman–Crippen MR) is 89.1 cm³/mol. The molecule has 0 aromatic carbocycles. The number of likely N-dealkylation sites (tertiary alicyclic amines) is 1. The number of carbonyl (C=O) groups is 1. The molecule has 1 aliphatic heterocycles. The van der Waals surface area contributed by atoms with Gasteiger partial charge >= 0.3 is 5.69 Å². The molecule has 1 aliphatic rings. The molecule has 3 heterocycles. The van der Waals surface area contributed by atoms with Gasteiger partial charge in [-0.05, 0) is 19.8 Å². The molecule has 1 amide bonds. The molecule has 0 saturated carbocycles. The average molecular weight is 349 g/mol. The Bertz CT molecular complexity index is 840. The summed E-state index contributed by atoms with van der Waals surface area (Å²) in [5.41, 5.74) is -0.926. The van der Waals surface area contributed by atoms with E-state index in [1.165, 1.54) is 16.8 Å². The van der Waals surface area contributed by atoms with E-state index in [1.54, 1.807) is 11.3 Å². The van der Waals surface area contributed by atoms with Crippen LogP contribution in [0, 0.1) is 6.92 Å². The van der Waals surface area contributed by atoms with Crippen LogP contribution in [0.5, 0.6) is 0 Å². The van der Waals surface area contributed by atoms with Crippen LogP contribution in [-0.2, 0) is 11.3 Å². The second-order valence-corrected chi connectivity index (χ2v) is 7.10. The molecule has 128 valence electrons. The van der Waals surface area contributed by atoms with Crippen molar-refractivity contribution in [1.29, 1.82) is 0 Å². The summed E-state index contributed by atoms with van der Waals surface area (Å²) in [5, 5.41) is 10.2. The van der Waals surface area contributed by atoms with Crippen LogP contribution < -0.4 is 11.2 Å². The van der Waals surface area contributed by atoms with Gasteiger partial charge in [0.1, 0.15) is 10.0 Å². The van der Waals surface area contributed by atoms with Gasteiger partial charge in [-0.2, -0.15) is 0 Å². The van der Waals surface area contributed by atoms with Gasteiger partial charge in [-0.1, -0.05) is 0 Å². The normalized spacial score (nSPS) is 17.9. The van der Waals surface area contributed by atoms with E-state index in [2.05, 4.69) is 15.2 Å². The van der Waals surface area contributed by atoms with Crippen molar-refractivity contribution in [2.24, 2.45) is 0 Å².